The second kappa shape index (κ2) is 58.9. The maximum absolute atomic E-state index is 12.8. The van der Waals surface area contributed by atoms with Crippen LogP contribution in [0.4, 0.5) is 0 Å². The topological polar surface area (TPSA) is 78.9 Å². The first-order chi connectivity index (χ1) is 34.5. The van der Waals surface area contributed by atoms with Gasteiger partial charge in [-0.25, -0.2) is 0 Å². The Hall–Kier alpha value is -2.63. The predicted octanol–water partition coefficient (Wildman–Crippen LogP) is 20.6. The lowest BCUT2D eigenvalue weighted by molar-refractivity contribution is -0.167. The van der Waals surface area contributed by atoms with Gasteiger partial charge in [-0.05, 0) is 83.5 Å². The van der Waals surface area contributed by atoms with Gasteiger partial charge in [0.1, 0.15) is 13.2 Å². The van der Waals surface area contributed by atoms with Crippen LogP contribution in [0, 0.1) is 0 Å². The average Bonchev–Trinajstić information content (AvgIpc) is 3.36. The molecule has 0 aliphatic carbocycles. The zero-order valence-corrected chi connectivity index (χ0v) is 46.8. The Morgan fingerprint density at radius 3 is 0.814 bits per heavy atom. The number of hydrogen-bond donors (Lipinski definition) is 0. The van der Waals surface area contributed by atoms with E-state index in [2.05, 4.69) is 69.4 Å². The van der Waals surface area contributed by atoms with Crippen LogP contribution in [-0.2, 0) is 28.6 Å². The molecular formula is C64H116O6. The van der Waals surface area contributed by atoms with Gasteiger partial charge < -0.3 is 14.2 Å². The summed E-state index contributed by atoms with van der Waals surface area (Å²) >= 11 is 0. The fraction of sp³-hybridized carbons (Fsp3) is 0.828. The van der Waals surface area contributed by atoms with Gasteiger partial charge in [0.25, 0.3) is 0 Å². The molecule has 0 saturated carbocycles. The Morgan fingerprint density at radius 1 is 0.286 bits per heavy atom. The van der Waals surface area contributed by atoms with E-state index in [4.69, 9.17) is 14.2 Å². The van der Waals surface area contributed by atoms with E-state index >= 15 is 0 Å². The van der Waals surface area contributed by atoms with Crippen molar-refractivity contribution in [2.75, 3.05) is 13.2 Å². The van der Waals surface area contributed by atoms with Crippen molar-refractivity contribution in [1.29, 1.82) is 0 Å². The number of ether oxygens (including phenoxy) is 3. The molecule has 70 heavy (non-hydrogen) atoms. The second-order valence-corrected chi connectivity index (χ2v) is 20.6. The molecule has 0 amide bonds. The molecule has 0 aliphatic heterocycles. The Morgan fingerprint density at radius 2 is 0.514 bits per heavy atom. The summed E-state index contributed by atoms with van der Waals surface area (Å²) < 4.78 is 16.8. The van der Waals surface area contributed by atoms with Crippen LogP contribution in [0.15, 0.2) is 48.6 Å². The van der Waals surface area contributed by atoms with Crippen molar-refractivity contribution in [3.63, 3.8) is 0 Å². The molecular weight excluding hydrogens is 865 g/mol. The lowest BCUT2D eigenvalue weighted by Gasteiger charge is -2.18. The minimum atomic E-state index is -0.772. The molecule has 0 aromatic rings. The number of carbonyl (C=O) groups excluding carboxylic acids is 3. The highest BCUT2D eigenvalue weighted by molar-refractivity contribution is 5.71. The van der Waals surface area contributed by atoms with Gasteiger partial charge >= 0.3 is 17.9 Å². The van der Waals surface area contributed by atoms with Crippen molar-refractivity contribution in [3.8, 4) is 0 Å². The van der Waals surface area contributed by atoms with Crippen molar-refractivity contribution in [3.05, 3.63) is 48.6 Å². The van der Waals surface area contributed by atoms with Gasteiger partial charge in [0.2, 0.25) is 0 Å². The molecule has 408 valence electrons. The molecule has 6 heteroatoms. The molecule has 0 heterocycles. The van der Waals surface area contributed by atoms with E-state index in [1.165, 1.54) is 212 Å². The number of unbranched alkanes of at least 4 members (excludes halogenated alkanes) is 37. The molecule has 0 N–H and O–H groups in total. The Balaban J connectivity index is 4.14. The molecule has 0 bridgehead atoms. The van der Waals surface area contributed by atoms with Crippen LogP contribution in [0.3, 0.4) is 0 Å². The lowest BCUT2D eigenvalue weighted by atomic mass is 10.0. The molecule has 0 aromatic heterocycles. The number of allylic oxidation sites excluding steroid dienone is 8. The molecule has 0 saturated heterocycles. The second-order valence-electron chi connectivity index (χ2n) is 20.6. The van der Waals surface area contributed by atoms with Crippen molar-refractivity contribution < 1.29 is 28.6 Å². The third kappa shape index (κ3) is 56.3. The first-order valence-electron chi connectivity index (χ1n) is 30.6. The minimum Gasteiger partial charge on any atom is -0.462 e. The van der Waals surface area contributed by atoms with Gasteiger partial charge in [-0.15, -0.1) is 0 Å². The first-order valence-corrected chi connectivity index (χ1v) is 30.6. The minimum absolute atomic E-state index is 0.0724. The monoisotopic (exact) mass is 981 g/mol. The van der Waals surface area contributed by atoms with Crippen LogP contribution in [0.2, 0.25) is 0 Å². The van der Waals surface area contributed by atoms with Gasteiger partial charge in [-0.2, -0.15) is 0 Å². The van der Waals surface area contributed by atoms with Crippen molar-refractivity contribution >= 4 is 17.9 Å². The summed E-state index contributed by atoms with van der Waals surface area (Å²) in [5.41, 5.74) is 0. The zero-order valence-electron chi connectivity index (χ0n) is 46.8. The van der Waals surface area contributed by atoms with Crippen LogP contribution >= 0.6 is 0 Å². The first kappa shape index (κ1) is 67.4. The van der Waals surface area contributed by atoms with Gasteiger partial charge in [0.15, 0.2) is 6.10 Å². The third-order valence-corrected chi connectivity index (χ3v) is 13.6. The number of esters is 3. The van der Waals surface area contributed by atoms with Crippen LogP contribution < -0.4 is 0 Å². The molecule has 0 aliphatic rings. The summed E-state index contributed by atoms with van der Waals surface area (Å²) in [5, 5.41) is 0. The van der Waals surface area contributed by atoms with Crippen LogP contribution in [0.5, 0.6) is 0 Å². The SMILES string of the molecule is CCCCCCC/C=C\C/C=C\C/C=C\CCCCCCCCCCCCCCC(=O)OCC(COC(=O)CCCCCCCCCC)OC(=O)CCCCCCCCC/C=C\CCCCCCCC. The van der Waals surface area contributed by atoms with Crippen molar-refractivity contribution in [2.24, 2.45) is 0 Å². The molecule has 1 atom stereocenters. The Kier molecular flexibility index (Phi) is 56.7. The summed E-state index contributed by atoms with van der Waals surface area (Å²) in [6.45, 7) is 6.62. The highest BCUT2D eigenvalue weighted by Crippen LogP contribution is 2.16. The molecule has 0 spiro atoms. The molecule has 0 radical (unpaired) electrons. The van der Waals surface area contributed by atoms with Gasteiger partial charge in [-0.1, -0.05) is 268 Å². The number of carbonyl (C=O) groups is 3. The summed E-state index contributed by atoms with van der Waals surface area (Å²) in [5.74, 6) is -0.868. The van der Waals surface area contributed by atoms with Crippen molar-refractivity contribution in [2.45, 2.75) is 329 Å². The number of rotatable bonds is 56. The van der Waals surface area contributed by atoms with Crippen LogP contribution in [0.1, 0.15) is 323 Å². The van der Waals surface area contributed by atoms with E-state index < -0.39 is 6.10 Å². The summed E-state index contributed by atoms with van der Waals surface area (Å²) in [6, 6.07) is 0. The molecule has 0 rings (SSSR count). The van der Waals surface area contributed by atoms with E-state index in [9.17, 15) is 14.4 Å². The van der Waals surface area contributed by atoms with Crippen LogP contribution in [-0.4, -0.2) is 37.2 Å². The largest absolute Gasteiger partial charge is 0.462 e. The van der Waals surface area contributed by atoms with Gasteiger partial charge in [0, 0.05) is 19.3 Å². The molecule has 0 fully saturated rings. The van der Waals surface area contributed by atoms with E-state index in [0.29, 0.717) is 19.3 Å². The Labute approximate surface area is 435 Å². The Bertz CT molecular complexity index is 1220. The van der Waals surface area contributed by atoms with Gasteiger partial charge in [0.05, 0.1) is 0 Å². The maximum atomic E-state index is 12.8. The lowest BCUT2D eigenvalue weighted by Crippen LogP contribution is -2.30. The highest BCUT2D eigenvalue weighted by atomic mass is 16.6. The summed E-state index contributed by atoms with van der Waals surface area (Å²) in [4.78, 5) is 38.0. The van der Waals surface area contributed by atoms with E-state index in [-0.39, 0.29) is 31.1 Å². The summed E-state index contributed by atoms with van der Waals surface area (Å²) in [6.07, 6.45) is 72.7. The average molecular weight is 982 g/mol. The van der Waals surface area contributed by atoms with E-state index in [1.807, 2.05) is 0 Å². The number of hydrogen-bond acceptors (Lipinski definition) is 6. The third-order valence-electron chi connectivity index (χ3n) is 13.6. The molecule has 0 aromatic carbocycles. The fourth-order valence-corrected chi connectivity index (χ4v) is 8.92. The van der Waals surface area contributed by atoms with E-state index in [1.54, 1.807) is 0 Å². The van der Waals surface area contributed by atoms with Crippen LogP contribution in [0.25, 0.3) is 0 Å². The zero-order chi connectivity index (χ0) is 50.7. The van der Waals surface area contributed by atoms with Gasteiger partial charge in [-0.3, -0.25) is 14.4 Å². The smallest absolute Gasteiger partial charge is 0.306 e. The standard InChI is InChI=1S/C64H116O6/c1-4-7-10-13-16-19-21-23-25-27-28-29-30-31-32-33-34-35-36-38-39-41-43-45-48-51-54-57-63(66)69-60-61(59-68-62(65)56-53-50-47-18-15-12-9-6-3)70-64(67)58-55-52-49-46-44-42-40-37-26-24-22-20-17-14-11-8-5-2/h21,23-24,26-28,30-31,61H,4-20,22,25,29,32-60H2,1-3H3/b23-21-,26-24-,28-27-,31-30-. The molecule has 1 unspecified atom stereocenters. The quantitative estimate of drug-likeness (QED) is 0.0261. The maximum Gasteiger partial charge on any atom is 0.306 e. The normalized spacial score (nSPS) is 12.3. The fourth-order valence-electron chi connectivity index (χ4n) is 8.92. The van der Waals surface area contributed by atoms with E-state index in [0.717, 1.165) is 70.6 Å². The predicted molar refractivity (Wildman–Crippen MR) is 302 cm³/mol. The molecule has 6 nitrogen and oxygen atoms in total. The van der Waals surface area contributed by atoms with Crippen molar-refractivity contribution in [1.82, 2.24) is 0 Å². The summed E-state index contributed by atoms with van der Waals surface area (Å²) in [7, 11) is 0. The highest BCUT2D eigenvalue weighted by Gasteiger charge is 2.19.